The van der Waals surface area contributed by atoms with Crippen LogP contribution in [0.3, 0.4) is 0 Å². The minimum Gasteiger partial charge on any atom is -0.355 e. The van der Waals surface area contributed by atoms with Crippen LogP contribution in [0.25, 0.3) is 0 Å². The second-order valence-corrected chi connectivity index (χ2v) is 8.71. The van der Waals surface area contributed by atoms with Crippen LogP contribution in [0, 0.1) is 0 Å². The van der Waals surface area contributed by atoms with Crippen molar-refractivity contribution in [3.63, 3.8) is 0 Å². The lowest BCUT2D eigenvalue weighted by Crippen LogP contribution is -2.51. The Labute approximate surface area is 160 Å². The van der Waals surface area contributed by atoms with E-state index in [2.05, 4.69) is 5.32 Å². The molecule has 0 spiro atoms. The Morgan fingerprint density at radius 3 is 2.30 bits per heavy atom. The predicted molar refractivity (Wildman–Crippen MR) is 102 cm³/mol. The van der Waals surface area contributed by atoms with E-state index in [9.17, 15) is 18.0 Å². The van der Waals surface area contributed by atoms with E-state index in [1.54, 1.807) is 29.2 Å². The second-order valence-electron chi connectivity index (χ2n) is 6.78. The molecule has 9 heteroatoms. The third-order valence-electron chi connectivity index (χ3n) is 4.93. The van der Waals surface area contributed by atoms with Gasteiger partial charge >= 0.3 is 0 Å². The van der Waals surface area contributed by atoms with Crippen molar-refractivity contribution in [2.75, 3.05) is 50.7 Å². The Morgan fingerprint density at radius 1 is 1.07 bits per heavy atom. The van der Waals surface area contributed by atoms with Gasteiger partial charge in [0.05, 0.1) is 11.4 Å². The number of hydrogen-bond donors (Lipinski definition) is 1. The molecule has 148 valence electrons. The average Bonchev–Trinajstić information content (AvgIpc) is 3.08. The molecule has 0 bridgehead atoms. The summed E-state index contributed by atoms with van der Waals surface area (Å²) in [4.78, 5) is 27.4. The van der Waals surface area contributed by atoms with Crippen molar-refractivity contribution >= 4 is 27.5 Å². The molecule has 8 nitrogen and oxygen atoms in total. The lowest BCUT2D eigenvalue weighted by Gasteiger charge is -2.33. The van der Waals surface area contributed by atoms with Crippen LogP contribution in [0.4, 0.5) is 5.69 Å². The number of carbonyl (C=O) groups is 2. The standard InChI is InChI=1S/C18H26N4O4S/c1-2-19-17(23)14-20-10-12-21(13-11-20)27(25,26)16-7-5-15(6-8-16)22-9-3-4-18(22)24/h5-8H,2-4,9-14H2,1H3,(H,19,23). The highest BCUT2D eigenvalue weighted by molar-refractivity contribution is 7.89. The van der Waals surface area contributed by atoms with Gasteiger partial charge in [-0.05, 0) is 37.6 Å². The Morgan fingerprint density at radius 2 is 1.74 bits per heavy atom. The van der Waals surface area contributed by atoms with Gasteiger partial charge in [-0.25, -0.2) is 8.42 Å². The molecule has 2 aliphatic heterocycles. The number of benzene rings is 1. The van der Waals surface area contributed by atoms with Crippen molar-refractivity contribution in [2.45, 2.75) is 24.7 Å². The van der Waals surface area contributed by atoms with Crippen molar-refractivity contribution in [1.29, 1.82) is 0 Å². The molecule has 27 heavy (non-hydrogen) atoms. The highest BCUT2D eigenvalue weighted by Crippen LogP contribution is 2.24. The number of anilines is 1. The number of piperazine rings is 1. The van der Waals surface area contributed by atoms with Crippen molar-refractivity contribution in [3.8, 4) is 0 Å². The monoisotopic (exact) mass is 394 g/mol. The molecule has 0 unspecified atom stereocenters. The molecule has 2 saturated heterocycles. The van der Waals surface area contributed by atoms with E-state index in [4.69, 9.17) is 0 Å². The molecule has 2 aliphatic rings. The molecule has 2 amide bonds. The van der Waals surface area contributed by atoms with Crippen molar-refractivity contribution in [1.82, 2.24) is 14.5 Å². The summed E-state index contributed by atoms with van der Waals surface area (Å²) in [5, 5.41) is 2.75. The van der Waals surface area contributed by atoms with Gasteiger partial charge in [-0.2, -0.15) is 4.31 Å². The van der Waals surface area contributed by atoms with Gasteiger partial charge in [0.2, 0.25) is 21.8 Å². The van der Waals surface area contributed by atoms with Gasteiger partial charge in [-0.1, -0.05) is 0 Å². The largest absolute Gasteiger partial charge is 0.355 e. The Bertz CT molecular complexity index is 786. The van der Waals surface area contributed by atoms with Crippen molar-refractivity contribution in [2.24, 2.45) is 0 Å². The van der Waals surface area contributed by atoms with Crippen LogP contribution in [-0.4, -0.2) is 75.3 Å². The number of nitrogens with one attached hydrogen (secondary N) is 1. The molecule has 0 aliphatic carbocycles. The van der Waals surface area contributed by atoms with Gasteiger partial charge < -0.3 is 10.2 Å². The molecular formula is C18H26N4O4S. The highest BCUT2D eigenvalue weighted by Gasteiger charge is 2.29. The number of hydrogen-bond acceptors (Lipinski definition) is 5. The Balaban J connectivity index is 1.61. The maximum atomic E-state index is 12.9. The fourth-order valence-corrected chi connectivity index (χ4v) is 4.87. The zero-order valence-electron chi connectivity index (χ0n) is 15.6. The molecular weight excluding hydrogens is 368 g/mol. The first kappa shape index (κ1) is 19.8. The number of likely N-dealkylation sites (N-methyl/N-ethyl adjacent to an activating group) is 1. The third kappa shape index (κ3) is 4.48. The summed E-state index contributed by atoms with van der Waals surface area (Å²) in [6.07, 6.45) is 1.38. The molecule has 2 fully saturated rings. The number of amides is 2. The zero-order chi connectivity index (χ0) is 19.4. The minimum atomic E-state index is -3.58. The summed E-state index contributed by atoms with van der Waals surface area (Å²) in [5.41, 5.74) is 0.739. The maximum Gasteiger partial charge on any atom is 0.243 e. The molecule has 1 N–H and O–H groups in total. The van der Waals surface area contributed by atoms with E-state index in [1.165, 1.54) is 4.31 Å². The summed E-state index contributed by atoms with van der Waals surface area (Å²) in [6, 6.07) is 6.53. The molecule has 0 aromatic heterocycles. The minimum absolute atomic E-state index is 0.0409. The van der Waals surface area contributed by atoms with E-state index in [1.807, 2.05) is 11.8 Å². The van der Waals surface area contributed by atoms with E-state index in [-0.39, 0.29) is 16.7 Å². The first-order valence-electron chi connectivity index (χ1n) is 9.31. The molecule has 2 heterocycles. The molecule has 1 aromatic carbocycles. The van der Waals surface area contributed by atoms with Crippen LogP contribution < -0.4 is 10.2 Å². The Kier molecular flexibility index (Phi) is 6.13. The summed E-state index contributed by atoms with van der Waals surface area (Å²) >= 11 is 0. The fourth-order valence-electron chi connectivity index (χ4n) is 3.45. The SMILES string of the molecule is CCNC(=O)CN1CCN(S(=O)(=O)c2ccc(N3CCCC3=O)cc2)CC1. The van der Waals surface area contributed by atoms with Crippen LogP contribution in [0.2, 0.25) is 0 Å². The summed E-state index contributed by atoms with van der Waals surface area (Å²) in [5.74, 6) is 0.0368. The lowest BCUT2D eigenvalue weighted by molar-refractivity contribution is -0.122. The molecule has 0 atom stereocenters. The average molecular weight is 394 g/mol. The van der Waals surface area contributed by atoms with E-state index in [0.29, 0.717) is 52.2 Å². The van der Waals surface area contributed by atoms with Gasteiger partial charge in [0, 0.05) is 51.4 Å². The first-order chi connectivity index (χ1) is 12.9. The van der Waals surface area contributed by atoms with Gasteiger partial charge in [-0.15, -0.1) is 0 Å². The van der Waals surface area contributed by atoms with Crippen molar-refractivity contribution in [3.05, 3.63) is 24.3 Å². The first-order valence-corrected chi connectivity index (χ1v) is 10.8. The van der Waals surface area contributed by atoms with E-state index < -0.39 is 10.0 Å². The highest BCUT2D eigenvalue weighted by atomic mass is 32.2. The van der Waals surface area contributed by atoms with Crippen LogP contribution in [0.15, 0.2) is 29.2 Å². The van der Waals surface area contributed by atoms with Crippen LogP contribution in [-0.2, 0) is 19.6 Å². The van der Waals surface area contributed by atoms with Crippen molar-refractivity contribution < 1.29 is 18.0 Å². The predicted octanol–water partition coefficient (Wildman–Crippen LogP) is 0.256. The molecule has 0 radical (unpaired) electrons. The fraction of sp³-hybridized carbons (Fsp3) is 0.556. The Hall–Kier alpha value is -1.97. The summed E-state index contributed by atoms with van der Waals surface area (Å²) < 4.78 is 27.2. The number of sulfonamides is 1. The maximum absolute atomic E-state index is 12.9. The van der Waals surface area contributed by atoms with Gasteiger partial charge in [0.25, 0.3) is 0 Å². The number of nitrogens with zero attached hydrogens (tertiary/aromatic N) is 3. The third-order valence-corrected chi connectivity index (χ3v) is 6.84. The second kappa shape index (κ2) is 8.37. The summed E-state index contributed by atoms with van der Waals surface area (Å²) in [7, 11) is -3.58. The van der Waals surface area contributed by atoms with Gasteiger partial charge in [-0.3, -0.25) is 14.5 Å². The zero-order valence-corrected chi connectivity index (χ0v) is 16.4. The van der Waals surface area contributed by atoms with E-state index in [0.717, 1.165) is 12.1 Å². The van der Waals surface area contributed by atoms with Gasteiger partial charge in [0.15, 0.2) is 0 Å². The van der Waals surface area contributed by atoms with Crippen LogP contribution >= 0.6 is 0 Å². The quantitative estimate of drug-likeness (QED) is 0.747. The van der Waals surface area contributed by atoms with Crippen LogP contribution in [0.1, 0.15) is 19.8 Å². The molecule has 0 saturated carbocycles. The molecule has 3 rings (SSSR count). The lowest BCUT2D eigenvalue weighted by atomic mass is 10.3. The number of rotatable bonds is 6. The normalized spacial score (nSPS) is 19.4. The van der Waals surface area contributed by atoms with E-state index >= 15 is 0 Å². The smallest absolute Gasteiger partial charge is 0.243 e. The summed E-state index contributed by atoms with van der Waals surface area (Å²) in [6.45, 7) is 5.19. The number of carbonyl (C=O) groups excluding carboxylic acids is 2. The topological polar surface area (TPSA) is 90.0 Å². The van der Waals surface area contributed by atoms with Crippen LogP contribution in [0.5, 0.6) is 0 Å². The van der Waals surface area contributed by atoms with Gasteiger partial charge in [0.1, 0.15) is 0 Å². The molecule has 1 aromatic rings.